The fourth-order valence-electron chi connectivity index (χ4n) is 1.78. The Kier molecular flexibility index (Phi) is 9.08. The maximum atomic E-state index is 11.8. The summed E-state index contributed by atoms with van der Waals surface area (Å²) in [6.07, 6.45) is 0.555. The summed E-state index contributed by atoms with van der Waals surface area (Å²) in [5.74, 6) is -0.909. The molecule has 0 rings (SSSR count). The lowest BCUT2D eigenvalue weighted by Crippen LogP contribution is -2.31. The van der Waals surface area contributed by atoms with Gasteiger partial charge in [0, 0.05) is 13.3 Å². The molecule has 2 atom stereocenters. The minimum absolute atomic E-state index is 0.000288. The Bertz CT molecular complexity index is 399. The number of rotatable bonds is 8. The lowest BCUT2D eigenvalue weighted by molar-refractivity contribution is -0.148. The number of ether oxygens (including phenoxy) is 3. The van der Waals surface area contributed by atoms with Crippen LogP contribution in [0.15, 0.2) is 11.6 Å². The molecule has 0 aliphatic heterocycles. The maximum Gasteiger partial charge on any atom is 0.508 e. The summed E-state index contributed by atoms with van der Waals surface area (Å²) in [5, 5.41) is 0. The third-order valence-corrected chi connectivity index (χ3v) is 2.92. The van der Waals surface area contributed by atoms with Crippen LogP contribution >= 0.6 is 0 Å². The SMILES string of the molecule is CCOC(=O)OC/C=C(\C)[C@H](OC(C)=O)[C@@H](C)C(=O)CC. The van der Waals surface area contributed by atoms with Crippen molar-refractivity contribution in [2.75, 3.05) is 13.2 Å². The maximum absolute atomic E-state index is 11.8. The van der Waals surface area contributed by atoms with Crippen molar-refractivity contribution in [2.45, 2.75) is 47.1 Å². The second-order valence-corrected chi connectivity index (χ2v) is 4.58. The van der Waals surface area contributed by atoms with Crippen LogP contribution in [0.25, 0.3) is 0 Å². The van der Waals surface area contributed by atoms with Crippen molar-refractivity contribution >= 4 is 17.9 Å². The van der Waals surface area contributed by atoms with Crippen molar-refractivity contribution in [3.05, 3.63) is 11.6 Å². The summed E-state index contributed by atoms with van der Waals surface area (Å²) in [5.41, 5.74) is 0.656. The third kappa shape index (κ3) is 7.48. The molecule has 120 valence electrons. The largest absolute Gasteiger partial charge is 0.508 e. The zero-order chi connectivity index (χ0) is 16.4. The number of hydrogen-bond donors (Lipinski definition) is 0. The Morgan fingerprint density at radius 2 is 1.71 bits per heavy atom. The number of Topliss-reactive ketones (excluding diaryl/α,β-unsaturated/α-hetero) is 1. The van der Waals surface area contributed by atoms with E-state index < -0.39 is 24.1 Å². The Balaban J connectivity index is 4.77. The normalized spacial score (nSPS) is 14.0. The molecule has 6 heteroatoms. The van der Waals surface area contributed by atoms with Gasteiger partial charge >= 0.3 is 12.1 Å². The van der Waals surface area contributed by atoms with E-state index >= 15 is 0 Å². The second-order valence-electron chi connectivity index (χ2n) is 4.58. The van der Waals surface area contributed by atoms with Crippen molar-refractivity contribution in [3.63, 3.8) is 0 Å². The van der Waals surface area contributed by atoms with Gasteiger partial charge in [-0.3, -0.25) is 9.59 Å². The molecule has 0 unspecified atom stereocenters. The van der Waals surface area contributed by atoms with Gasteiger partial charge in [-0.1, -0.05) is 13.8 Å². The summed E-state index contributed by atoms with van der Waals surface area (Å²) in [6, 6.07) is 0. The molecule has 0 heterocycles. The first-order chi connectivity index (χ1) is 9.83. The standard InChI is InChI=1S/C15H24O6/c1-6-13(17)11(4)14(21-12(5)16)10(3)8-9-20-15(18)19-7-2/h8,11,14H,6-7,9H2,1-5H3/b10-8+/t11-,14-/m0/s1. The quantitative estimate of drug-likeness (QED) is 0.506. The van der Waals surface area contributed by atoms with Crippen LogP contribution < -0.4 is 0 Å². The first-order valence-corrected chi connectivity index (χ1v) is 6.99. The van der Waals surface area contributed by atoms with Gasteiger partial charge in [0.2, 0.25) is 0 Å². The van der Waals surface area contributed by atoms with Gasteiger partial charge in [-0.2, -0.15) is 0 Å². The first-order valence-electron chi connectivity index (χ1n) is 6.99. The van der Waals surface area contributed by atoms with Crippen LogP contribution in [0.5, 0.6) is 0 Å². The highest BCUT2D eigenvalue weighted by molar-refractivity contribution is 5.81. The van der Waals surface area contributed by atoms with Crippen LogP contribution in [0.1, 0.15) is 41.0 Å². The zero-order valence-corrected chi connectivity index (χ0v) is 13.3. The van der Waals surface area contributed by atoms with E-state index in [1.54, 1.807) is 33.8 Å². The highest BCUT2D eigenvalue weighted by Gasteiger charge is 2.26. The van der Waals surface area contributed by atoms with E-state index in [-0.39, 0.29) is 19.0 Å². The monoisotopic (exact) mass is 300 g/mol. The van der Waals surface area contributed by atoms with Gasteiger partial charge in [-0.25, -0.2) is 4.79 Å². The molecule has 6 nitrogen and oxygen atoms in total. The minimum atomic E-state index is -0.761. The molecular formula is C15H24O6. The van der Waals surface area contributed by atoms with Crippen LogP contribution in [-0.4, -0.2) is 37.2 Å². The number of esters is 1. The van der Waals surface area contributed by atoms with Gasteiger partial charge in [0.25, 0.3) is 0 Å². The van der Waals surface area contributed by atoms with Crippen molar-refractivity contribution in [3.8, 4) is 0 Å². The fourth-order valence-corrected chi connectivity index (χ4v) is 1.78. The zero-order valence-electron chi connectivity index (χ0n) is 13.3. The van der Waals surface area contributed by atoms with Crippen molar-refractivity contribution in [1.29, 1.82) is 0 Å². The number of carbonyl (C=O) groups excluding carboxylic acids is 3. The summed E-state index contributed by atoms with van der Waals surface area (Å²) in [4.78, 5) is 34.0. The average Bonchev–Trinajstić information content (AvgIpc) is 2.43. The summed E-state index contributed by atoms with van der Waals surface area (Å²) in [7, 11) is 0. The molecule has 0 aliphatic rings. The average molecular weight is 300 g/mol. The lowest BCUT2D eigenvalue weighted by atomic mass is 9.92. The topological polar surface area (TPSA) is 78.9 Å². The van der Waals surface area contributed by atoms with Crippen LogP contribution in [0.3, 0.4) is 0 Å². The van der Waals surface area contributed by atoms with Gasteiger partial charge in [0.1, 0.15) is 18.5 Å². The molecule has 0 amide bonds. The van der Waals surface area contributed by atoms with Crippen molar-refractivity contribution in [1.82, 2.24) is 0 Å². The van der Waals surface area contributed by atoms with E-state index in [0.29, 0.717) is 12.0 Å². The summed E-state index contributed by atoms with van der Waals surface area (Å²) >= 11 is 0. The number of hydrogen-bond acceptors (Lipinski definition) is 6. The highest BCUT2D eigenvalue weighted by atomic mass is 16.7. The summed E-state index contributed by atoms with van der Waals surface area (Å²) in [6.45, 7) is 8.39. The summed E-state index contributed by atoms with van der Waals surface area (Å²) < 4.78 is 14.6. The number of carbonyl (C=O) groups is 3. The van der Waals surface area contributed by atoms with E-state index in [0.717, 1.165) is 0 Å². The first kappa shape index (κ1) is 19.1. The molecule has 0 bridgehead atoms. The Morgan fingerprint density at radius 3 is 2.19 bits per heavy atom. The predicted molar refractivity (Wildman–Crippen MR) is 76.7 cm³/mol. The Labute approximate surface area is 125 Å². The molecular weight excluding hydrogens is 276 g/mol. The Morgan fingerprint density at radius 1 is 1.10 bits per heavy atom. The van der Waals surface area contributed by atoms with E-state index in [1.807, 2.05) is 0 Å². The molecule has 0 spiro atoms. The van der Waals surface area contributed by atoms with Gasteiger partial charge < -0.3 is 14.2 Å². The second kappa shape index (κ2) is 9.96. The molecule has 0 saturated heterocycles. The van der Waals surface area contributed by atoms with Crippen LogP contribution in [0, 0.1) is 5.92 Å². The molecule has 0 saturated carbocycles. The highest BCUT2D eigenvalue weighted by Crippen LogP contribution is 2.19. The minimum Gasteiger partial charge on any atom is -0.457 e. The third-order valence-electron chi connectivity index (χ3n) is 2.92. The smallest absolute Gasteiger partial charge is 0.457 e. The molecule has 0 aromatic carbocycles. The molecule has 0 radical (unpaired) electrons. The van der Waals surface area contributed by atoms with Crippen LogP contribution in [-0.2, 0) is 23.8 Å². The molecule has 0 aromatic rings. The fraction of sp³-hybridized carbons (Fsp3) is 0.667. The van der Waals surface area contributed by atoms with Gasteiger partial charge in [-0.15, -0.1) is 0 Å². The van der Waals surface area contributed by atoms with E-state index in [4.69, 9.17) is 9.47 Å². The lowest BCUT2D eigenvalue weighted by Gasteiger charge is -2.23. The Hall–Kier alpha value is -1.85. The molecule has 0 fully saturated rings. The molecule has 21 heavy (non-hydrogen) atoms. The van der Waals surface area contributed by atoms with E-state index in [1.165, 1.54) is 6.92 Å². The van der Waals surface area contributed by atoms with Gasteiger partial charge in [0.15, 0.2) is 0 Å². The van der Waals surface area contributed by atoms with Gasteiger partial charge in [0.05, 0.1) is 12.5 Å². The molecule has 0 N–H and O–H groups in total. The van der Waals surface area contributed by atoms with Crippen molar-refractivity contribution in [2.24, 2.45) is 5.92 Å². The molecule has 0 aliphatic carbocycles. The number of ketones is 1. The predicted octanol–water partition coefficient (Wildman–Crippen LogP) is 2.65. The van der Waals surface area contributed by atoms with Crippen molar-refractivity contribution < 1.29 is 28.6 Å². The molecule has 0 aromatic heterocycles. The van der Waals surface area contributed by atoms with E-state index in [9.17, 15) is 14.4 Å². The van der Waals surface area contributed by atoms with Crippen LogP contribution in [0.4, 0.5) is 4.79 Å². The van der Waals surface area contributed by atoms with Gasteiger partial charge in [-0.05, 0) is 25.5 Å². The van der Waals surface area contributed by atoms with Crippen LogP contribution in [0.2, 0.25) is 0 Å². The van der Waals surface area contributed by atoms with E-state index in [2.05, 4.69) is 4.74 Å².